The molecular formula is C29H31N5O3. The minimum Gasteiger partial charge on any atom is -0.324 e. The van der Waals surface area contributed by atoms with Crippen LogP contribution >= 0.6 is 0 Å². The van der Waals surface area contributed by atoms with E-state index in [9.17, 15) is 14.4 Å². The van der Waals surface area contributed by atoms with E-state index in [2.05, 4.69) is 20.6 Å². The highest BCUT2D eigenvalue weighted by molar-refractivity contribution is 5.96. The number of rotatable bonds is 8. The number of para-hydroxylation sites is 3. The van der Waals surface area contributed by atoms with E-state index in [1.165, 1.54) is 0 Å². The molecule has 0 radical (unpaired) electrons. The molecule has 8 nitrogen and oxygen atoms in total. The van der Waals surface area contributed by atoms with Crippen LogP contribution in [0.25, 0.3) is 10.9 Å². The average Bonchev–Trinajstić information content (AvgIpc) is 2.84. The lowest BCUT2D eigenvalue weighted by atomic mass is 10.1. The highest BCUT2D eigenvalue weighted by Crippen LogP contribution is 2.21. The van der Waals surface area contributed by atoms with E-state index in [1.807, 2.05) is 70.2 Å². The van der Waals surface area contributed by atoms with Crippen LogP contribution in [0.2, 0.25) is 0 Å². The summed E-state index contributed by atoms with van der Waals surface area (Å²) >= 11 is 0. The Morgan fingerprint density at radius 3 is 1.76 bits per heavy atom. The van der Waals surface area contributed by atoms with Gasteiger partial charge in [-0.1, -0.05) is 48.5 Å². The first-order valence-corrected chi connectivity index (χ1v) is 12.1. The summed E-state index contributed by atoms with van der Waals surface area (Å²) in [6.45, 7) is 7.71. The summed E-state index contributed by atoms with van der Waals surface area (Å²) in [7, 11) is 0. The minimum absolute atomic E-state index is 0.0650. The smallest absolute Gasteiger partial charge is 0.258 e. The number of hydrogen-bond donors (Lipinski definition) is 3. The number of carbonyl (C=O) groups excluding carboxylic acids is 2. The van der Waals surface area contributed by atoms with E-state index in [0.717, 1.165) is 33.6 Å². The maximum atomic E-state index is 13.1. The number of benzene rings is 3. The summed E-state index contributed by atoms with van der Waals surface area (Å²) in [5, 5.41) is 6.43. The Balaban J connectivity index is 1.57. The second-order valence-corrected chi connectivity index (χ2v) is 9.30. The fourth-order valence-corrected chi connectivity index (χ4v) is 4.38. The van der Waals surface area contributed by atoms with Crippen LogP contribution in [-0.2, 0) is 16.1 Å². The molecule has 8 heteroatoms. The molecule has 3 aromatic carbocycles. The second kappa shape index (κ2) is 11.2. The molecule has 0 saturated heterocycles. The molecule has 0 bridgehead atoms. The average molecular weight is 498 g/mol. The first-order chi connectivity index (χ1) is 17.7. The van der Waals surface area contributed by atoms with Crippen molar-refractivity contribution in [1.82, 2.24) is 14.9 Å². The zero-order chi connectivity index (χ0) is 26.5. The lowest BCUT2D eigenvalue weighted by Gasteiger charge is -2.22. The number of anilines is 2. The predicted molar refractivity (Wildman–Crippen MR) is 147 cm³/mol. The number of aromatic amines is 1. The van der Waals surface area contributed by atoms with Crippen molar-refractivity contribution in [3.05, 3.63) is 99.1 Å². The Morgan fingerprint density at radius 2 is 1.24 bits per heavy atom. The first-order valence-electron chi connectivity index (χ1n) is 12.1. The third kappa shape index (κ3) is 6.29. The van der Waals surface area contributed by atoms with Crippen molar-refractivity contribution in [3.8, 4) is 0 Å². The van der Waals surface area contributed by atoms with Gasteiger partial charge in [0, 0.05) is 11.4 Å². The van der Waals surface area contributed by atoms with Gasteiger partial charge in [0.25, 0.3) is 5.56 Å². The fraction of sp³-hybridized carbons (Fsp3) is 0.241. The van der Waals surface area contributed by atoms with Crippen LogP contribution in [0.5, 0.6) is 0 Å². The monoisotopic (exact) mass is 497 g/mol. The van der Waals surface area contributed by atoms with Gasteiger partial charge in [-0.2, -0.15) is 0 Å². The number of carbonyl (C=O) groups is 2. The second-order valence-electron chi connectivity index (χ2n) is 9.30. The number of H-pyrrole nitrogens is 1. The zero-order valence-corrected chi connectivity index (χ0v) is 21.5. The highest BCUT2D eigenvalue weighted by Gasteiger charge is 2.19. The van der Waals surface area contributed by atoms with Crippen molar-refractivity contribution in [1.29, 1.82) is 0 Å². The van der Waals surface area contributed by atoms with Crippen molar-refractivity contribution >= 4 is 34.1 Å². The molecule has 0 spiro atoms. The van der Waals surface area contributed by atoms with Gasteiger partial charge in [0.2, 0.25) is 11.8 Å². The summed E-state index contributed by atoms with van der Waals surface area (Å²) in [6, 6.07) is 18.7. The molecule has 4 aromatic rings. The largest absolute Gasteiger partial charge is 0.324 e. The predicted octanol–water partition coefficient (Wildman–Crippen LogP) is 4.24. The molecule has 0 atom stereocenters. The molecule has 37 heavy (non-hydrogen) atoms. The van der Waals surface area contributed by atoms with Crippen LogP contribution in [0, 0.1) is 27.7 Å². The molecule has 2 amide bonds. The van der Waals surface area contributed by atoms with E-state index >= 15 is 0 Å². The van der Waals surface area contributed by atoms with Gasteiger partial charge >= 0.3 is 0 Å². The third-order valence-corrected chi connectivity index (χ3v) is 6.26. The molecule has 0 fully saturated rings. The molecule has 1 heterocycles. The minimum atomic E-state index is -0.264. The standard InChI is InChI=1S/C29H31N5O3/c1-18-9-7-10-19(2)27(18)32-25(35)16-34(17-26(36)33-28-20(3)11-8-12-21(28)4)15-24-30-23-14-6-5-13-22(23)29(37)31-24/h5-14H,15-17H2,1-4H3,(H,32,35)(H,33,36)(H,30,31,37). The van der Waals surface area contributed by atoms with Gasteiger partial charge in [-0.15, -0.1) is 0 Å². The summed E-state index contributed by atoms with van der Waals surface area (Å²) in [5.41, 5.74) is 5.61. The van der Waals surface area contributed by atoms with Crippen LogP contribution in [0.15, 0.2) is 65.5 Å². The normalized spacial score (nSPS) is 11.1. The number of nitrogens with zero attached hydrogens (tertiary/aromatic N) is 2. The molecule has 0 unspecified atom stereocenters. The maximum absolute atomic E-state index is 13.1. The Bertz CT molecular complexity index is 1420. The topological polar surface area (TPSA) is 107 Å². The molecule has 3 N–H and O–H groups in total. The third-order valence-electron chi connectivity index (χ3n) is 6.26. The first kappa shape index (κ1) is 25.8. The molecular weight excluding hydrogens is 466 g/mol. The van der Waals surface area contributed by atoms with Gasteiger partial charge in [0.1, 0.15) is 5.82 Å². The number of fused-ring (bicyclic) bond motifs is 1. The van der Waals surface area contributed by atoms with Gasteiger partial charge in [-0.05, 0) is 62.1 Å². The lowest BCUT2D eigenvalue weighted by molar-refractivity contribution is -0.120. The van der Waals surface area contributed by atoms with Crippen molar-refractivity contribution in [2.24, 2.45) is 0 Å². The molecule has 0 aliphatic carbocycles. The molecule has 1 aromatic heterocycles. The Labute approximate surface area is 215 Å². The van der Waals surface area contributed by atoms with E-state index in [0.29, 0.717) is 16.7 Å². The summed E-state index contributed by atoms with van der Waals surface area (Å²) in [6.07, 6.45) is 0. The summed E-state index contributed by atoms with van der Waals surface area (Å²) in [4.78, 5) is 47.7. The van der Waals surface area contributed by atoms with Crippen molar-refractivity contribution < 1.29 is 9.59 Å². The van der Waals surface area contributed by atoms with Crippen LogP contribution < -0.4 is 16.2 Å². The Kier molecular flexibility index (Phi) is 7.79. The number of hydrogen-bond acceptors (Lipinski definition) is 5. The van der Waals surface area contributed by atoms with Crippen LogP contribution in [0.3, 0.4) is 0 Å². The number of nitrogens with one attached hydrogen (secondary N) is 3. The van der Waals surface area contributed by atoms with Gasteiger partial charge in [-0.3, -0.25) is 19.3 Å². The molecule has 0 saturated carbocycles. The molecule has 4 rings (SSSR count). The summed E-state index contributed by atoms with van der Waals surface area (Å²) < 4.78 is 0. The Morgan fingerprint density at radius 1 is 0.757 bits per heavy atom. The van der Waals surface area contributed by atoms with Gasteiger partial charge in [-0.25, -0.2) is 4.98 Å². The van der Waals surface area contributed by atoms with Gasteiger partial charge in [0.15, 0.2) is 0 Å². The van der Waals surface area contributed by atoms with E-state index in [1.54, 1.807) is 23.1 Å². The Hall–Kier alpha value is -4.30. The van der Waals surface area contributed by atoms with Crippen molar-refractivity contribution in [2.45, 2.75) is 34.2 Å². The summed E-state index contributed by atoms with van der Waals surface area (Å²) in [5.74, 6) is -0.149. The SMILES string of the molecule is Cc1cccc(C)c1NC(=O)CN(CC(=O)Nc1c(C)cccc1C)Cc1nc2ccccc2c(=O)[nH]1. The number of aryl methyl sites for hydroxylation is 4. The van der Waals surface area contributed by atoms with Crippen LogP contribution in [0.4, 0.5) is 11.4 Å². The number of amides is 2. The molecule has 0 aliphatic rings. The lowest BCUT2D eigenvalue weighted by Crippen LogP contribution is -2.39. The fourth-order valence-electron chi connectivity index (χ4n) is 4.38. The highest BCUT2D eigenvalue weighted by atomic mass is 16.2. The van der Waals surface area contributed by atoms with Crippen LogP contribution in [0.1, 0.15) is 28.1 Å². The number of aromatic nitrogens is 2. The van der Waals surface area contributed by atoms with E-state index < -0.39 is 0 Å². The quantitative estimate of drug-likeness (QED) is 0.338. The van der Waals surface area contributed by atoms with E-state index in [-0.39, 0.29) is 37.0 Å². The van der Waals surface area contributed by atoms with Gasteiger partial charge < -0.3 is 15.6 Å². The van der Waals surface area contributed by atoms with Crippen LogP contribution in [-0.4, -0.2) is 39.8 Å². The van der Waals surface area contributed by atoms with Crippen molar-refractivity contribution in [3.63, 3.8) is 0 Å². The van der Waals surface area contributed by atoms with Crippen molar-refractivity contribution in [2.75, 3.05) is 23.7 Å². The molecule has 190 valence electrons. The van der Waals surface area contributed by atoms with Gasteiger partial charge in [0.05, 0.1) is 30.5 Å². The zero-order valence-electron chi connectivity index (χ0n) is 21.5. The molecule has 0 aliphatic heterocycles. The van der Waals surface area contributed by atoms with E-state index in [4.69, 9.17) is 0 Å². The maximum Gasteiger partial charge on any atom is 0.258 e.